The van der Waals surface area contributed by atoms with Gasteiger partial charge in [0.25, 0.3) is 0 Å². The van der Waals surface area contributed by atoms with E-state index in [1.807, 2.05) is 0 Å². The highest BCUT2D eigenvalue weighted by atomic mass is 16.6. The molecule has 0 aromatic rings. The average molecular weight is 361 g/mol. The quantitative estimate of drug-likeness (QED) is 0.368. The summed E-state index contributed by atoms with van der Waals surface area (Å²) in [5, 5.41) is 28.7. The van der Waals surface area contributed by atoms with Gasteiger partial charge in [0.15, 0.2) is 0 Å². The number of hydrogen-bond donors (Lipinski definition) is 3. The van der Waals surface area contributed by atoms with E-state index < -0.39 is 24.4 Å². The summed E-state index contributed by atoms with van der Waals surface area (Å²) in [6.45, 7) is 2.72. The Morgan fingerprint density at radius 3 is 1.84 bits per heavy atom. The Balaban J connectivity index is 1.89. The molecule has 0 bridgehead atoms. The predicted octanol–water partition coefficient (Wildman–Crippen LogP) is 3.19. The van der Waals surface area contributed by atoms with Gasteiger partial charge in [-0.2, -0.15) is 0 Å². The monoisotopic (exact) mass is 360 g/mol. The molecule has 1 aliphatic heterocycles. The van der Waals surface area contributed by atoms with Crippen molar-refractivity contribution in [2.75, 3.05) is 19.8 Å². The van der Waals surface area contributed by atoms with Gasteiger partial charge in [0.1, 0.15) is 24.4 Å². The van der Waals surface area contributed by atoms with Crippen LogP contribution in [0.25, 0.3) is 0 Å². The van der Waals surface area contributed by atoms with E-state index in [4.69, 9.17) is 9.47 Å². The Bertz CT molecular complexity index is 300. The highest BCUT2D eigenvalue weighted by Crippen LogP contribution is 2.20. The van der Waals surface area contributed by atoms with E-state index in [9.17, 15) is 15.3 Å². The third kappa shape index (κ3) is 9.90. The van der Waals surface area contributed by atoms with Crippen LogP contribution in [0.1, 0.15) is 84.0 Å². The van der Waals surface area contributed by atoms with Crippen LogP contribution in [0.3, 0.4) is 0 Å². The molecular formula is C20H40O5. The lowest BCUT2D eigenvalue weighted by Gasteiger charge is -2.24. The van der Waals surface area contributed by atoms with Crippen molar-refractivity contribution in [1.29, 1.82) is 0 Å². The van der Waals surface area contributed by atoms with Gasteiger partial charge in [0.2, 0.25) is 0 Å². The summed E-state index contributed by atoms with van der Waals surface area (Å²) in [4.78, 5) is 0. The zero-order chi connectivity index (χ0) is 18.3. The second kappa shape index (κ2) is 14.9. The molecule has 1 rings (SSSR count). The van der Waals surface area contributed by atoms with Crippen molar-refractivity contribution in [1.82, 2.24) is 0 Å². The fraction of sp³-hybridized carbons (Fsp3) is 1.00. The van der Waals surface area contributed by atoms with E-state index in [0.717, 1.165) is 12.8 Å². The summed E-state index contributed by atoms with van der Waals surface area (Å²) >= 11 is 0. The molecule has 5 heteroatoms. The van der Waals surface area contributed by atoms with Gasteiger partial charge in [0.05, 0.1) is 13.2 Å². The minimum Gasteiger partial charge on any atom is -0.394 e. The first-order valence-electron chi connectivity index (χ1n) is 10.4. The number of unbranched alkanes of at least 4 members (excludes halogenated alkanes) is 11. The molecule has 0 amide bonds. The maximum absolute atomic E-state index is 9.80. The van der Waals surface area contributed by atoms with Gasteiger partial charge in [-0.05, 0) is 6.42 Å². The number of aliphatic hydroxyl groups is 3. The summed E-state index contributed by atoms with van der Waals surface area (Å²) in [5.41, 5.74) is 0. The molecule has 1 aliphatic rings. The Morgan fingerprint density at radius 2 is 1.40 bits per heavy atom. The van der Waals surface area contributed by atoms with Crippen molar-refractivity contribution in [2.45, 2.75) is 108 Å². The van der Waals surface area contributed by atoms with Gasteiger partial charge in [0, 0.05) is 6.61 Å². The van der Waals surface area contributed by atoms with Gasteiger partial charge in [-0.25, -0.2) is 0 Å². The van der Waals surface area contributed by atoms with Crippen LogP contribution in [0.15, 0.2) is 0 Å². The van der Waals surface area contributed by atoms with Gasteiger partial charge in [-0.3, -0.25) is 0 Å². The Morgan fingerprint density at radius 1 is 0.880 bits per heavy atom. The van der Waals surface area contributed by atoms with Crippen molar-refractivity contribution in [2.24, 2.45) is 0 Å². The summed E-state index contributed by atoms with van der Waals surface area (Å²) in [6.07, 6.45) is 12.5. The zero-order valence-corrected chi connectivity index (χ0v) is 16.1. The molecule has 0 unspecified atom stereocenters. The van der Waals surface area contributed by atoms with Crippen molar-refractivity contribution in [3.05, 3.63) is 0 Å². The van der Waals surface area contributed by atoms with Crippen molar-refractivity contribution in [3.63, 3.8) is 0 Å². The molecule has 4 atom stereocenters. The molecule has 0 aromatic carbocycles. The van der Waals surface area contributed by atoms with Crippen LogP contribution >= 0.6 is 0 Å². The second-order valence-electron chi connectivity index (χ2n) is 7.34. The van der Waals surface area contributed by atoms with Crippen LogP contribution in [0, 0.1) is 0 Å². The van der Waals surface area contributed by atoms with E-state index in [0.29, 0.717) is 6.61 Å². The van der Waals surface area contributed by atoms with E-state index in [-0.39, 0.29) is 13.2 Å². The maximum atomic E-state index is 9.80. The summed E-state index contributed by atoms with van der Waals surface area (Å²) in [6, 6.07) is 0. The molecule has 0 aliphatic carbocycles. The SMILES string of the molecule is CCCCCCCCCCCCCCO[C@H](CO)[C@H]1OC[C@H](O)[C@H]1O. The molecule has 0 aromatic heterocycles. The largest absolute Gasteiger partial charge is 0.394 e. The minimum atomic E-state index is -0.973. The van der Waals surface area contributed by atoms with E-state index in [2.05, 4.69) is 6.92 Å². The third-order valence-electron chi connectivity index (χ3n) is 5.07. The van der Waals surface area contributed by atoms with Crippen LogP contribution in [-0.2, 0) is 9.47 Å². The standard InChI is InChI=1S/C20H40O5/c1-2-3-4-5-6-7-8-9-10-11-12-13-14-24-18(15-21)20-19(23)17(22)16-25-20/h17-23H,2-16H2,1H3/t17-,18+,19+,20+/m0/s1. The molecule has 25 heavy (non-hydrogen) atoms. The smallest absolute Gasteiger partial charge is 0.114 e. The molecule has 5 nitrogen and oxygen atoms in total. The molecule has 1 fully saturated rings. The highest BCUT2D eigenvalue weighted by molar-refractivity contribution is 4.88. The van der Waals surface area contributed by atoms with Gasteiger partial charge in [-0.15, -0.1) is 0 Å². The first kappa shape index (κ1) is 22.8. The van der Waals surface area contributed by atoms with Crippen LogP contribution < -0.4 is 0 Å². The third-order valence-corrected chi connectivity index (χ3v) is 5.07. The Labute approximate surface area is 153 Å². The topological polar surface area (TPSA) is 79.2 Å². The lowest BCUT2D eigenvalue weighted by atomic mass is 10.1. The van der Waals surface area contributed by atoms with Gasteiger partial charge >= 0.3 is 0 Å². The predicted molar refractivity (Wildman–Crippen MR) is 99.7 cm³/mol. The number of aliphatic hydroxyl groups excluding tert-OH is 3. The number of hydrogen-bond acceptors (Lipinski definition) is 5. The number of ether oxygens (including phenoxy) is 2. The molecular weight excluding hydrogens is 320 g/mol. The minimum absolute atomic E-state index is 0.101. The maximum Gasteiger partial charge on any atom is 0.114 e. The van der Waals surface area contributed by atoms with Crippen LogP contribution in [0.4, 0.5) is 0 Å². The molecule has 1 saturated heterocycles. The Hall–Kier alpha value is -0.200. The number of rotatable bonds is 16. The van der Waals surface area contributed by atoms with Gasteiger partial charge in [-0.1, -0.05) is 77.6 Å². The molecule has 1 heterocycles. The zero-order valence-electron chi connectivity index (χ0n) is 16.1. The Kier molecular flexibility index (Phi) is 13.6. The second-order valence-corrected chi connectivity index (χ2v) is 7.34. The average Bonchev–Trinajstić information content (AvgIpc) is 2.95. The van der Waals surface area contributed by atoms with Crippen LogP contribution in [0.5, 0.6) is 0 Å². The normalized spacial score (nSPS) is 24.7. The first-order chi connectivity index (χ1) is 12.2. The molecule has 0 saturated carbocycles. The van der Waals surface area contributed by atoms with Gasteiger partial charge < -0.3 is 24.8 Å². The van der Waals surface area contributed by atoms with Crippen molar-refractivity contribution >= 4 is 0 Å². The summed E-state index contributed by atoms with van der Waals surface area (Å²) in [7, 11) is 0. The van der Waals surface area contributed by atoms with Crippen molar-refractivity contribution < 1.29 is 24.8 Å². The fourth-order valence-corrected chi connectivity index (χ4v) is 3.38. The van der Waals surface area contributed by atoms with E-state index in [1.165, 1.54) is 64.2 Å². The molecule has 150 valence electrons. The first-order valence-corrected chi connectivity index (χ1v) is 10.4. The van der Waals surface area contributed by atoms with E-state index >= 15 is 0 Å². The van der Waals surface area contributed by atoms with Crippen molar-refractivity contribution in [3.8, 4) is 0 Å². The van der Waals surface area contributed by atoms with Crippen LogP contribution in [-0.4, -0.2) is 59.6 Å². The highest BCUT2D eigenvalue weighted by Gasteiger charge is 2.40. The van der Waals surface area contributed by atoms with Crippen LogP contribution in [0.2, 0.25) is 0 Å². The molecule has 0 spiro atoms. The summed E-state index contributed by atoms with van der Waals surface area (Å²) in [5.74, 6) is 0. The molecule has 0 radical (unpaired) electrons. The lowest BCUT2D eigenvalue weighted by molar-refractivity contribution is -0.101. The fourth-order valence-electron chi connectivity index (χ4n) is 3.38. The van der Waals surface area contributed by atoms with E-state index in [1.54, 1.807) is 0 Å². The molecule has 3 N–H and O–H groups in total. The lowest BCUT2D eigenvalue weighted by Crippen LogP contribution is -2.42. The summed E-state index contributed by atoms with van der Waals surface area (Å²) < 4.78 is 10.9.